The molecule has 0 unspecified atom stereocenters. The number of nitrogens with one attached hydrogen (secondary N) is 1. The zero-order valence-corrected chi connectivity index (χ0v) is 8.25. The first-order valence-corrected chi connectivity index (χ1v) is 4.99. The van der Waals surface area contributed by atoms with Crippen molar-refractivity contribution >= 4 is 11.6 Å². The summed E-state index contributed by atoms with van der Waals surface area (Å²) in [5, 5.41) is 3.40. The highest BCUT2D eigenvalue weighted by Gasteiger charge is 2.24. The first-order chi connectivity index (χ1) is 6.84. The predicted octanol–water partition coefficient (Wildman–Crippen LogP) is 1.59. The third-order valence-electron chi connectivity index (χ3n) is 2.89. The Morgan fingerprint density at radius 2 is 2.36 bits per heavy atom. The smallest absolute Gasteiger partial charge is 0.198 e. The topological polar surface area (TPSA) is 27.6 Å². The molecule has 0 saturated heterocycles. The molecule has 0 radical (unpaired) electrons. The number of anilines is 1. The van der Waals surface area contributed by atoms with E-state index >= 15 is 0 Å². The highest BCUT2D eigenvalue weighted by atomic mass is 15.3. The summed E-state index contributed by atoms with van der Waals surface area (Å²) in [6.07, 6.45) is 0. The van der Waals surface area contributed by atoms with Crippen molar-refractivity contribution in [3.8, 4) is 0 Å². The Bertz CT molecular complexity index is 409. The molecular weight excluding hydrogens is 174 g/mol. The van der Waals surface area contributed by atoms with E-state index in [1.165, 1.54) is 16.8 Å². The van der Waals surface area contributed by atoms with Gasteiger partial charge in [0.2, 0.25) is 0 Å². The van der Waals surface area contributed by atoms with Crippen molar-refractivity contribution in [1.29, 1.82) is 0 Å². The minimum Gasteiger partial charge on any atom is -0.336 e. The van der Waals surface area contributed by atoms with E-state index in [1.807, 2.05) is 0 Å². The van der Waals surface area contributed by atoms with Crippen molar-refractivity contribution in [3.05, 3.63) is 29.3 Å². The van der Waals surface area contributed by atoms with Crippen molar-refractivity contribution in [3.63, 3.8) is 0 Å². The lowest BCUT2D eigenvalue weighted by atomic mass is 10.1. The van der Waals surface area contributed by atoms with Gasteiger partial charge in [0, 0.05) is 18.8 Å². The summed E-state index contributed by atoms with van der Waals surface area (Å²) in [5.74, 6) is 1.05. The van der Waals surface area contributed by atoms with Gasteiger partial charge in [-0.1, -0.05) is 18.2 Å². The fourth-order valence-electron chi connectivity index (χ4n) is 2.11. The van der Waals surface area contributed by atoms with Crippen LogP contribution in [0.5, 0.6) is 0 Å². The summed E-state index contributed by atoms with van der Waals surface area (Å²) >= 11 is 0. The van der Waals surface area contributed by atoms with Crippen LogP contribution in [-0.4, -0.2) is 23.9 Å². The minimum atomic E-state index is 0.926. The molecule has 3 nitrogen and oxygen atoms in total. The number of guanidine groups is 1. The summed E-state index contributed by atoms with van der Waals surface area (Å²) in [7, 11) is 0. The highest BCUT2D eigenvalue weighted by molar-refractivity contribution is 5.97. The minimum absolute atomic E-state index is 0.926. The van der Waals surface area contributed by atoms with E-state index in [1.54, 1.807) is 0 Å². The molecule has 3 rings (SSSR count). The van der Waals surface area contributed by atoms with Crippen LogP contribution in [0.15, 0.2) is 23.2 Å². The van der Waals surface area contributed by atoms with Crippen LogP contribution in [0.25, 0.3) is 0 Å². The van der Waals surface area contributed by atoms with Crippen LogP contribution >= 0.6 is 0 Å². The molecule has 14 heavy (non-hydrogen) atoms. The van der Waals surface area contributed by atoms with E-state index in [9.17, 15) is 0 Å². The fourth-order valence-corrected chi connectivity index (χ4v) is 2.11. The summed E-state index contributed by atoms with van der Waals surface area (Å²) in [4.78, 5) is 6.72. The maximum Gasteiger partial charge on any atom is 0.198 e. The number of hydrogen-bond acceptors (Lipinski definition) is 3. The van der Waals surface area contributed by atoms with E-state index in [0.717, 1.165) is 25.6 Å². The molecule has 1 aromatic rings. The van der Waals surface area contributed by atoms with Gasteiger partial charge in [0.15, 0.2) is 5.96 Å². The van der Waals surface area contributed by atoms with Crippen LogP contribution in [0.1, 0.15) is 11.1 Å². The van der Waals surface area contributed by atoms with Gasteiger partial charge in [0.25, 0.3) is 0 Å². The van der Waals surface area contributed by atoms with Crippen molar-refractivity contribution in [2.24, 2.45) is 4.99 Å². The molecule has 0 spiro atoms. The molecule has 0 aliphatic carbocycles. The SMILES string of the molecule is Cc1cccc2c1NC1=NCCN1C2. The molecule has 0 aromatic heterocycles. The van der Waals surface area contributed by atoms with Gasteiger partial charge in [0.05, 0.1) is 6.54 Å². The van der Waals surface area contributed by atoms with Gasteiger partial charge in [-0.3, -0.25) is 4.99 Å². The molecule has 3 heteroatoms. The van der Waals surface area contributed by atoms with E-state index in [2.05, 4.69) is 40.3 Å². The largest absolute Gasteiger partial charge is 0.336 e. The average Bonchev–Trinajstić information content (AvgIpc) is 2.62. The van der Waals surface area contributed by atoms with Crippen molar-refractivity contribution < 1.29 is 0 Å². The van der Waals surface area contributed by atoms with E-state index in [0.29, 0.717) is 0 Å². The lowest BCUT2D eigenvalue weighted by Gasteiger charge is -2.29. The van der Waals surface area contributed by atoms with Crippen LogP contribution in [0.2, 0.25) is 0 Å². The normalized spacial score (nSPS) is 18.4. The number of fused-ring (bicyclic) bond motifs is 2. The maximum atomic E-state index is 4.43. The molecule has 2 heterocycles. The van der Waals surface area contributed by atoms with Crippen molar-refractivity contribution in [1.82, 2.24) is 4.90 Å². The standard InChI is InChI=1S/C11H13N3/c1-8-3-2-4-9-7-14-6-5-12-11(14)13-10(8)9/h2-4H,5-7H2,1H3,(H,12,13). The van der Waals surface area contributed by atoms with Gasteiger partial charge < -0.3 is 10.2 Å². The second-order valence-electron chi connectivity index (χ2n) is 3.86. The van der Waals surface area contributed by atoms with Gasteiger partial charge in [-0.25, -0.2) is 0 Å². The van der Waals surface area contributed by atoms with Gasteiger partial charge in [-0.2, -0.15) is 0 Å². The van der Waals surface area contributed by atoms with Crippen LogP contribution < -0.4 is 5.32 Å². The molecule has 1 N–H and O–H groups in total. The molecule has 2 aliphatic heterocycles. The number of nitrogens with zero attached hydrogens (tertiary/aromatic N) is 2. The molecule has 72 valence electrons. The molecule has 0 bridgehead atoms. The summed E-state index contributed by atoms with van der Waals surface area (Å²) < 4.78 is 0. The second-order valence-corrected chi connectivity index (χ2v) is 3.86. The molecule has 1 aromatic carbocycles. The third-order valence-corrected chi connectivity index (χ3v) is 2.89. The molecule has 0 saturated carbocycles. The lowest BCUT2D eigenvalue weighted by Crippen LogP contribution is -2.37. The van der Waals surface area contributed by atoms with Gasteiger partial charge in [0.1, 0.15) is 0 Å². The maximum absolute atomic E-state index is 4.43. The predicted molar refractivity (Wildman–Crippen MR) is 57.5 cm³/mol. The first kappa shape index (κ1) is 7.85. The van der Waals surface area contributed by atoms with Gasteiger partial charge >= 0.3 is 0 Å². The highest BCUT2D eigenvalue weighted by Crippen LogP contribution is 2.27. The van der Waals surface area contributed by atoms with E-state index < -0.39 is 0 Å². The average molecular weight is 187 g/mol. The van der Waals surface area contributed by atoms with Gasteiger partial charge in [-0.05, 0) is 18.1 Å². The van der Waals surface area contributed by atoms with Gasteiger partial charge in [-0.15, -0.1) is 0 Å². The fraction of sp³-hybridized carbons (Fsp3) is 0.364. The Hall–Kier alpha value is -1.51. The number of aryl methyl sites for hydroxylation is 1. The van der Waals surface area contributed by atoms with E-state index in [-0.39, 0.29) is 0 Å². The molecule has 0 fully saturated rings. The monoisotopic (exact) mass is 187 g/mol. The molecule has 2 aliphatic rings. The quantitative estimate of drug-likeness (QED) is 0.668. The number of rotatable bonds is 0. The summed E-state index contributed by atoms with van der Waals surface area (Å²) in [6, 6.07) is 6.44. The number of aliphatic imine (C=N–C) groups is 1. The van der Waals surface area contributed by atoms with E-state index in [4.69, 9.17) is 0 Å². The Labute approximate surface area is 83.4 Å². The molecule has 0 amide bonds. The Morgan fingerprint density at radius 1 is 1.43 bits per heavy atom. The second kappa shape index (κ2) is 2.74. The lowest BCUT2D eigenvalue weighted by molar-refractivity contribution is 0.445. The third kappa shape index (κ3) is 1.02. The Kier molecular flexibility index (Phi) is 1.54. The molecular formula is C11H13N3. The number of hydrogen-bond donors (Lipinski definition) is 1. The molecule has 0 atom stereocenters. The first-order valence-electron chi connectivity index (χ1n) is 4.99. The summed E-state index contributed by atoms with van der Waals surface area (Å²) in [6.45, 7) is 5.12. The zero-order chi connectivity index (χ0) is 9.54. The summed E-state index contributed by atoms with van der Waals surface area (Å²) in [5.41, 5.74) is 3.94. The van der Waals surface area contributed by atoms with Crippen molar-refractivity contribution in [2.75, 3.05) is 18.4 Å². The Morgan fingerprint density at radius 3 is 3.29 bits per heavy atom. The van der Waals surface area contributed by atoms with Crippen molar-refractivity contribution in [2.45, 2.75) is 13.5 Å². The van der Waals surface area contributed by atoms with Crippen LogP contribution in [0.4, 0.5) is 5.69 Å². The van der Waals surface area contributed by atoms with Crippen LogP contribution in [0.3, 0.4) is 0 Å². The Balaban J connectivity index is 2.08. The van der Waals surface area contributed by atoms with Crippen LogP contribution in [0, 0.1) is 6.92 Å². The number of para-hydroxylation sites is 1. The van der Waals surface area contributed by atoms with Crippen LogP contribution in [-0.2, 0) is 6.54 Å². The zero-order valence-electron chi connectivity index (χ0n) is 8.25. The number of benzene rings is 1.